The summed E-state index contributed by atoms with van der Waals surface area (Å²) in [5.41, 5.74) is 0. The van der Waals surface area contributed by atoms with E-state index in [-0.39, 0.29) is 0 Å². The third kappa shape index (κ3) is 4.87. The fourth-order valence-electron chi connectivity index (χ4n) is 0.738. The van der Waals surface area contributed by atoms with Crippen molar-refractivity contribution in [2.75, 3.05) is 33.3 Å². The van der Waals surface area contributed by atoms with Crippen molar-refractivity contribution in [2.24, 2.45) is 9.98 Å². The molecule has 0 saturated carbocycles. The van der Waals surface area contributed by atoms with Gasteiger partial charge in [0.15, 0.2) is 0 Å². The Morgan fingerprint density at radius 2 is 1.79 bits per heavy atom. The molecule has 0 heterocycles. The van der Waals surface area contributed by atoms with E-state index < -0.39 is 8.80 Å². The van der Waals surface area contributed by atoms with Crippen molar-refractivity contribution in [3.8, 4) is 0 Å². The number of hydrogen-bond acceptors (Lipinski definition) is 5. The Morgan fingerprint density at radius 1 is 1.21 bits per heavy atom. The molecule has 0 rings (SSSR count). The Hall–Kier alpha value is -0.213. The lowest BCUT2D eigenvalue weighted by atomic mass is 10.9. The average Bonchev–Trinajstić information content (AvgIpc) is 2.24. The third-order valence-electron chi connectivity index (χ3n) is 1.55. The molecule has 0 radical (unpaired) electrons. The number of rotatable bonds is 7. The molecule has 0 N–H and O–H groups in total. The van der Waals surface area contributed by atoms with E-state index in [0.29, 0.717) is 11.9 Å². The first-order chi connectivity index (χ1) is 6.74. The molecule has 82 valence electrons. The van der Waals surface area contributed by atoms with Crippen LogP contribution in [0.2, 0.25) is 0 Å². The summed E-state index contributed by atoms with van der Waals surface area (Å²) in [5.74, 6) is 0.591. The van der Waals surface area contributed by atoms with Crippen molar-refractivity contribution in [1.82, 2.24) is 0 Å². The van der Waals surface area contributed by atoms with Crippen molar-refractivity contribution in [2.45, 2.75) is 0 Å². The van der Waals surface area contributed by atoms with Crippen LogP contribution in [0.1, 0.15) is 0 Å². The molecular weight excluding hydrogens is 220 g/mol. The summed E-state index contributed by atoms with van der Waals surface area (Å²) in [5, 5.41) is 0. The maximum Gasteiger partial charge on any atom is 0.522 e. The van der Waals surface area contributed by atoms with E-state index in [0.717, 1.165) is 0 Å². The monoisotopic (exact) mass is 236 g/mol. The van der Waals surface area contributed by atoms with Crippen LogP contribution in [-0.4, -0.2) is 54.6 Å². The third-order valence-corrected chi connectivity index (χ3v) is 4.15. The quantitative estimate of drug-likeness (QED) is 0.302. The zero-order valence-electron chi connectivity index (χ0n) is 8.64. The number of aliphatic imine (C=N–C) groups is 2. The first kappa shape index (κ1) is 13.8. The van der Waals surface area contributed by atoms with Crippen molar-refractivity contribution in [3.05, 3.63) is 0 Å². The zero-order valence-corrected chi connectivity index (χ0v) is 10.5. The highest BCUT2D eigenvalue weighted by atomic mass is 32.1. The molecule has 0 aliphatic carbocycles. The van der Waals surface area contributed by atoms with Crippen LogP contribution in [-0.2, 0) is 13.3 Å². The molecule has 0 aromatic carbocycles. The molecule has 14 heavy (non-hydrogen) atoms. The van der Waals surface area contributed by atoms with Gasteiger partial charge in [0.2, 0.25) is 0 Å². The Labute approximate surface area is 91.0 Å². The first-order valence-electron chi connectivity index (χ1n) is 4.01. The standard InChI is InChI=1S/C7H16N2O3SSi/c1-10-14(11-2,12-3)7-9-6-8-4-5-13/h4,6,13H,5,7H2,1-3H3. The minimum Gasteiger partial charge on any atom is -0.376 e. The van der Waals surface area contributed by atoms with E-state index in [9.17, 15) is 0 Å². The molecule has 0 fully saturated rings. The van der Waals surface area contributed by atoms with Gasteiger partial charge in [0.25, 0.3) is 0 Å². The molecule has 0 bridgehead atoms. The van der Waals surface area contributed by atoms with Crippen molar-refractivity contribution < 1.29 is 13.3 Å². The highest BCUT2D eigenvalue weighted by Gasteiger charge is 2.37. The van der Waals surface area contributed by atoms with E-state index >= 15 is 0 Å². The van der Waals surface area contributed by atoms with Crippen LogP contribution in [0.4, 0.5) is 0 Å². The van der Waals surface area contributed by atoms with Crippen molar-refractivity contribution in [3.63, 3.8) is 0 Å². The molecule has 0 saturated heterocycles. The van der Waals surface area contributed by atoms with Crippen LogP contribution in [0.15, 0.2) is 9.98 Å². The molecular formula is C7H16N2O3SSi. The molecule has 0 atom stereocenters. The Balaban J connectivity index is 4.05. The van der Waals surface area contributed by atoms with Gasteiger partial charge in [0.05, 0.1) is 0 Å². The normalized spacial score (nSPS) is 13.1. The van der Waals surface area contributed by atoms with Crippen LogP contribution < -0.4 is 0 Å². The molecule has 0 aliphatic rings. The lowest BCUT2D eigenvalue weighted by molar-refractivity contribution is 0.125. The topological polar surface area (TPSA) is 52.4 Å². The lowest BCUT2D eigenvalue weighted by Crippen LogP contribution is -2.46. The smallest absolute Gasteiger partial charge is 0.376 e. The summed E-state index contributed by atoms with van der Waals surface area (Å²) in [6, 6.07) is 0. The number of nitrogens with zero attached hydrogens (tertiary/aromatic N) is 2. The van der Waals surface area contributed by atoms with Gasteiger partial charge in [-0.1, -0.05) is 0 Å². The summed E-state index contributed by atoms with van der Waals surface area (Å²) in [4.78, 5) is 7.88. The summed E-state index contributed by atoms with van der Waals surface area (Å²) in [6.45, 7) is 0. The molecule has 0 aliphatic heterocycles. The Bertz CT molecular complexity index is 189. The molecule has 5 nitrogen and oxygen atoms in total. The van der Waals surface area contributed by atoms with E-state index in [1.165, 1.54) is 6.34 Å². The minimum absolute atomic E-state index is 0.362. The minimum atomic E-state index is -2.57. The maximum absolute atomic E-state index is 5.16. The zero-order chi connectivity index (χ0) is 10.9. The van der Waals surface area contributed by atoms with E-state index in [2.05, 4.69) is 22.6 Å². The second-order valence-corrected chi connectivity index (χ2v) is 5.54. The fraction of sp³-hybridized carbons (Fsp3) is 0.714. The van der Waals surface area contributed by atoms with Gasteiger partial charge in [0, 0.05) is 33.3 Å². The van der Waals surface area contributed by atoms with Crippen LogP contribution in [0.5, 0.6) is 0 Å². The van der Waals surface area contributed by atoms with Crippen LogP contribution in [0.3, 0.4) is 0 Å². The first-order valence-corrected chi connectivity index (χ1v) is 6.57. The Kier molecular flexibility index (Phi) is 8.00. The average molecular weight is 236 g/mol. The molecule has 0 spiro atoms. The SMILES string of the molecule is CO[Si](CN=CN=CCS)(OC)OC. The molecule has 0 aromatic rings. The highest BCUT2D eigenvalue weighted by molar-refractivity contribution is 7.80. The number of hydrogen-bond donors (Lipinski definition) is 1. The van der Waals surface area contributed by atoms with Gasteiger partial charge in [-0.25, -0.2) is 4.99 Å². The largest absolute Gasteiger partial charge is 0.522 e. The van der Waals surface area contributed by atoms with Crippen LogP contribution >= 0.6 is 12.6 Å². The molecule has 0 aromatic heterocycles. The second-order valence-electron chi connectivity index (χ2n) is 2.27. The van der Waals surface area contributed by atoms with Crippen LogP contribution in [0.25, 0.3) is 0 Å². The summed E-state index contributed by atoms with van der Waals surface area (Å²) in [6.07, 6.45) is 3.44. The van der Waals surface area contributed by atoms with E-state index in [1.807, 2.05) is 0 Å². The van der Waals surface area contributed by atoms with Gasteiger partial charge in [-0.2, -0.15) is 12.6 Å². The van der Waals surface area contributed by atoms with Crippen molar-refractivity contribution >= 4 is 34.0 Å². The van der Waals surface area contributed by atoms with Gasteiger partial charge < -0.3 is 13.3 Å². The number of thiol groups is 1. The highest BCUT2D eigenvalue weighted by Crippen LogP contribution is 2.05. The Morgan fingerprint density at radius 3 is 2.21 bits per heavy atom. The van der Waals surface area contributed by atoms with Gasteiger partial charge in [-0.15, -0.1) is 0 Å². The van der Waals surface area contributed by atoms with E-state index in [1.54, 1.807) is 27.5 Å². The van der Waals surface area contributed by atoms with Crippen LogP contribution in [0, 0.1) is 0 Å². The molecule has 0 unspecified atom stereocenters. The maximum atomic E-state index is 5.16. The molecule has 7 heteroatoms. The summed E-state index contributed by atoms with van der Waals surface area (Å²) in [7, 11) is 2.07. The van der Waals surface area contributed by atoms with Gasteiger partial charge in [-0.3, -0.25) is 4.99 Å². The second kappa shape index (κ2) is 8.12. The predicted molar refractivity (Wildman–Crippen MR) is 62.5 cm³/mol. The van der Waals surface area contributed by atoms with Gasteiger partial charge >= 0.3 is 8.80 Å². The van der Waals surface area contributed by atoms with Gasteiger partial charge in [0.1, 0.15) is 12.5 Å². The molecule has 0 amide bonds. The lowest BCUT2D eigenvalue weighted by Gasteiger charge is -2.21. The fourth-order valence-corrected chi connectivity index (χ4v) is 2.02. The summed E-state index contributed by atoms with van der Waals surface area (Å²) >= 11 is 3.96. The van der Waals surface area contributed by atoms with Crippen molar-refractivity contribution in [1.29, 1.82) is 0 Å². The summed E-state index contributed by atoms with van der Waals surface area (Å²) < 4.78 is 15.5. The van der Waals surface area contributed by atoms with E-state index in [4.69, 9.17) is 13.3 Å². The predicted octanol–water partition coefficient (Wildman–Crippen LogP) is 0.433. The van der Waals surface area contributed by atoms with Gasteiger partial charge in [-0.05, 0) is 0 Å².